The number of anilines is 1. The van der Waals surface area contributed by atoms with Crippen LogP contribution >= 0.6 is 11.3 Å². The van der Waals surface area contributed by atoms with Crippen molar-refractivity contribution in [3.8, 4) is 0 Å². The van der Waals surface area contributed by atoms with E-state index in [1.54, 1.807) is 11.3 Å². The predicted molar refractivity (Wildman–Crippen MR) is 69.1 cm³/mol. The summed E-state index contributed by atoms with van der Waals surface area (Å²) < 4.78 is 18.4. The maximum atomic E-state index is 13.4. The van der Waals surface area contributed by atoms with Crippen LogP contribution in [0.15, 0.2) is 35.7 Å². The molecule has 3 nitrogen and oxygen atoms in total. The number of ether oxygens (including phenoxy) is 1. The molecule has 0 fully saturated rings. The summed E-state index contributed by atoms with van der Waals surface area (Å²) in [5.41, 5.74) is 5.59. The molecule has 0 bridgehead atoms. The average Bonchev–Trinajstić information content (AvgIpc) is 2.81. The lowest BCUT2D eigenvalue weighted by Gasteiger charge is -2.05. The monoisotopic (exact) mass is 265 g/mol. The molecule has 1 aromatic heterocycles. The van der Waals surface area contributed by atoms with E-state index in [0.29, 0.717) is 6.42 Å². The first kappa shape index (κ1) is 12.6. The molecule has 0 saturated heterocycles. The van der Waals surface area contributed by atoms with Crippen LogP contribution in [0.1, 0.15) is 15.2 Å². The molecule has 0 saturated carbocycles. The number of halogens is 1. The largest absolute Gasteiger partial charge is 0.462 e. The Morgan fingerprint density at radius 2 is 2.22 bits per heavy atom. The van der Waals surface area contributed by atoms with Gasteiger partial charge in [-0.15, -0.1) is 11.3 Å². The topological polar surface area (TPSA) is 52.3 Å². The molecule has 0 aliphatic carbocycles. The summed E-state index contributed by atoms with van der Waals surface area (Å²) >= 11 is 1.59. The minimum Gasteiger partial charge on any atom is -0.462 e. The van der Waals surface area contributed by atoms with Gasteiger partial charge in [-0.2, -0.15) is 0 Å². The number of hydrogen-bond acceptors (Lipinski definition) is 4. The van der Waals surface area contributed by atoms with Crippen LogP contribution in [0, 0.1) is 5.82 Å². The number of nitrogens with two attached hydrogens (primary N) is 1. The van der Waals surface area contributed by atoms with Gasteiger partial charge in [0.2, 0.25) is 0 Å². The Morgan fingerprint density at radius 1 is 1.39 bits per heavy atom. The number of rotatable bonds is 4. The molecule has 2 rings (SSSR count). The van der Waals surface area contributed by atoms with Gasteiger partial charge in [0.05, 0.1) is 12.2 Å². The molecule has 1 aromatic carbocycles. The molecule has 5 heteroatoms. The van der Waals surface area contributed by atoms with Crippen molar-refractivity contribution in [1.29, 1.82) is 0 Å². The predicted octanol–water partition coefficient (Wildman–Crippen LogP) is 2.87. The van der Waals surface area contributed by atoms with E-state index in [1.807, 2.05) is 17.5 Å². The van der Waals surface area contributed by atoms with Crippen molar-refractivity contribution >= 4 is 23.0 Å². The van der Waals surface area contributed by atoms with Crippen LogP contribution in [-0.4, -0.2) is 12.6 Å². The van der Waals surface area contributed by atoms with Gasteiger partial charge < -0.3 is 10.5 Å². The van der Waals surface area contributed by atoms with Gasteiger partial charge in [0, 0.05) is 17.0 Å². The van der Waals surface area contributed by atoms with E-state index in [2.05, 4.69) is 0 Å². The van der Waals surface area contributed by atoms with Gasteiger partial charge in [-0.3, -0.25) is 0 Å². The Balaban J connectivity index is 1.91. The van der Waals surface area contributed by atoms with Crippen LogP contribution in [0.5, 0.6) is 0 Å². The lowest BCUT2D eigenvalue weighted by molar-refractivity contribution is 0.0505. The highest BCUT2D eigenvalue weighted by Crippen LogP contribution is 2.14. The first-order valence-corrected chi connectivity index (χ1v) is 6.29. The summed E-state index contributed by atoms with van der Waals surface area (Å²) in [6.45, 7) is 0.239. The Labute approximate surface area is 108 Å². The lowest BCUT2D eigenvalue weighted by atomic mass is 10.2. The SMILES string of the molecule is Nc1ccc(C(=O)OCCc2cccs2)c(F)c1. The molecule has 18 heavy (non-hydrogen) atoms. The summed E-state index contributed by atoms with van der Waals surface area (Å²) in [7, 11) is 0. The zero-order chi connectivity index (χ0) is 13.0. The lowest BCUT2D eigenvalue weighted by Crippen LogP contribution is -2.10. The fourth-order valence-electron chi connectivity index (χ4n) is 1.47. The van der Waals surface area contributed by atoms with E-state index in [-0.39, 0.29) is 17.9 Å². The van der Waals surface area contributed by atoms with Crippen molar-refractivity contribution in [2.75, 3.05) is 12.3 Å². The van der Waals surface area contributed by atoms with Crippen molar-refractivity contribution < 1.29 is 13.9 Å². The third kappa shape index (κ3) is 3.07. The van der Waals surface area contributed by atoms with E-state index in [9.17, 15) is 9.18 Å². The normalized spacial score (nSPS) is 10.3. The molecular weight excluding hydrogens is 253 g/mol. The van der Waals surface area contributed by atoms with Crippen molar-refractivity contribution in [3.63, 3.8) is 0 Å². The van der Waals surface area contributed by atoms with E-state index >= 15 is 0 Å². The summed E-state index contributed by atoms with van der Waals surface area (Å²) in [6, 6.07) is 7.80. The zero-order valence-electron chi connectivity index (χ0n) is 9.56. The van der Waals surface area contributed by atoms with Crippen molar-refractivity contribution in [2.24, 2.45) is 0 Å². The number of nitrogen functional groups attached to an aromatic ring is 1. The zero-order valence-corrected chi connectivity index (χ0v) is 10.4. The Bertz CT molecular complexity index is 540. The first-order valence-electron chi connectivity index (χ1n) is 5.41. The maximum Gasteiger partial charge on any atom is 0.341 e. The summed E-state index contributed by atoms with van der Waals surface area (Å²) in [4.78, 5) is 12.7. The molecule has 0 aliphatic heterocycles. The molecule has 0 unspecified atom stereocenters. The fraction of sp³-hybridized carbons (Fsp3) is 0.154. The summed E-state index contributed by atoms with van der Waals surface area (Å²) in [5.74, 6) is -1.32. The minimum absolute atomic E-state index is 0.0876. The van der Waals surface area contributed by atoms with Crippen LogP contribution in [-0.2, 0) is 11.2 Å². The quantitative estimate of drug-likeness (QED) is 0.683. The molecule has 2 N–H and O–H groups in total. The number of hydrogen-bond donors (Lipinski definition) is 1. The number of esters is 1. The fourth-order valence-corrected chi connectivity index (χ4v) is 2.16. The summed E-state index contributed by atoms with van der Waals surface area (Å²) in [6.07, 6.45) is 0.639. The van der Waals surface area contributed by atoms with Gasteiger partial charge in [-0.25, -0.2) is 9.18 Å². The third-order valence-electron chi connectivity index (χ3n) is 2.37. The smallest absolute Gasteiger partial charge is 0.341 e. The maximum absolute atomic E-state index is 13.4. The van der Waals surface area contributed by atoms with Gasteiger partial charge >= 0.3 is 5.97 Å². The first-order chi connectivity index (χ1) is 8.66. The van der Waals surface area contributed by atoms with Crippen LogP contribution in [0.25, 0.3) is 0 Å². The van der Waals surface area contributed by atoms with Crippen molar-refractivity contribution in [2.45, 2.75) is 6.42 Å². The van der Waals surface area contributed by atoms with E-state index in [1.165, 1.54) is 12.1 Å². The molecule has 0 amide bonds. The number of carbonyl (C=O) groups excluding carboxylic acids is 1. The molecule has 2 aromatic rings. The molecule has 0 radical (unpaired) electrons. The second-order valence-electron chi connectivity index (χ2n) is 3.70. The molecule has 0 aliphatic rings. The number of benzene rings is 1. The average molecular weight is 265 g/mol. The van der Waals surface area contributed by atoms with Crippen LogP contribution in [0.4, 0.5) is 10.1 Å². The third-order valence-corrected chi connectivity index (χ3v) is 3.31. The van der Waals surface area contributed by atoms with Gasteiger partial charge in [-0.05, 0) is 29.6 Å². The summed E-state index contributed by atoms with van der Waals surface area (Å²) in [5, 5.41) is 1.96. The Morgan fingerprint density at radius 3 is 2.89 bits per heavy atom. The van der Waals surface area contributed by atoms with Gasteiger partial charge in [0.15, 0.2) is 0 Å². The van der Waals surface area contributed by atoms with Crippen molar-refractivity contribution in [3.05, 3.63) is 52.0 Å². The highest BCUT2D eigenvalue weighted by Gasteiger charge is 2.13. The van der Waals surface area contributed by atoms with Gasteiger partial charge in [0.1, 0.15) is 5.82 Å². The molecular formula is C13H12FNO2S. The molecule has 94 valence electrons. The standard InChI is InChI=1S/C13H12FNO2S/c14-12-8-9(15)3-4-11(12)13(16)17-6-5-10-2-1-7-18-10/h1-4,7-8H,5-6,15H2. The second kappa shape index (κ2) is 5.64. The number of carbonyl (C=O) groups is 1. The van der Waals surface area contributed by atoms with Crippen molar-refractivity contribution in [1.82, 2.24) is 0 Å². The van der Waals surface area contributed by atoms with E-state index in [0.717, 1.165) is 10.9 Å². The Hall–Kier alpha value is -1.88. The minimum atomic E-state index is -0.663. The highest BCUT2D eigenvalue weighted by molar-refractivity contribution is 7.09. The van der Waals surface area contributed by atoms with Crippen LogP contribution in [0.2, 0.25) is 0 Å². The van der Waals surface area contributed by atoms with Crippen LogP contribution < -0.4 is 5.73 Å². The van der Waals surface area contributed by atoms with Gasteiger partial charge in [-0.1, -0.05) is 6.07 Å². The number of thiophene rings is 1. The van der Waals surface area contributed by atoms with E-state index < -0.39 is 11.8 Å². The van der Waals surface area contributed by atoms with Gasteiger partial charge in [0.25, 0.3) is 0 Å². The van der Waals surface area contributed by atoms with Crippen LogP contribution in [0.3, 0.4) is 0 Å². The molecule has 0 atom stereocenters. The van der Waals surface area contributed by atoms with E-state index in [4.69, 9.17) is 10.5 Å². The molecule has 0 spiro atoms. The second-order valence-corrected chi connectivity index (χ2v) is 4.74. The Kier molecular flexibility index (Phi) is 3.94. The molecule has 1 heterocycles. The highest BCUT2D eigenvalue weighted by atomic mass is 32.1.